The van der Waals surface area contributed by atoms with E-state index in [0.717, 1.165) is 5.56 Å². The number of aryl methyl sites for hydroxylation is 2. The molecular weight excluding hydrogens is 386 g/mol. The number of benzene rings is 1. The molecule has 7 nitrogen and oxygen atoms in total. The van der Waals surface area contributed by atoms with Gasteiger partial charge in [0.1, 0.15) is 13.2 Å². The number of rotatable bonds is 11. The summed E-state index contributed by atoms with van der Waals surface area (Å²) in [6.07, 6.45) is 2.63. The number of aromatic nitrogens is 1. The third kappa shape index (κ3) is 7.36. The second kappa shape index (κ2) is 11.8. The van der Waals surface area contributed by atoms with Crippen molar-refractivity contribution in [3.8, 4) is 0 Å². The Morgan fingerprint density at radius 1 is 1.11 bits per heavy atom. The highest BCUT2D eigenvalue weighted by molar-refractivity contribution is 8.76. The van der Waals surface area contributed by atoms with E-state index in [9.17, 15) is 9.59 Å². The number of hydrogen-bond acceptors (Lipinski definition) is 7. The van der Waals surface area contributed by atoms with Gasteiger partial charge in [0.15, 0.2) is 0 Å². The van der Waals surface area contributed by atoms with Gasteiger partial charge in [0, 0.05) is 49.1 Å². The number of nitrogens with one attached hydrogen (secondary N) is 2. The molecule has 0 atom stereocenters. The summed E-state index contributed by atoms with van der Waals surface area (Å²) in [6.45, 7) is 0.711. The van der Waals surface area contributed by atoms with E-state index in [0.29, 0.717) is 37.6 Å². The lowest BCUT2D eigenvalue weighted by molar-refractivity contribution is -0.142. The lowest BCUT2D eigenvalue weighted by Crippen LogP contribution is -2.34. The number of ether oxygens (including phenoxy) is 2. The minimum Gasteiger partial charge on any atom is -0.465 e. The van der Waals surface area contributed by atoms with E-state index in [1.807, 2.05) is 19.2 Å². The minimum absolute atomic E-state index is 0.180. The average Bonchev–Trinajstić information content (AvgIpc) is 2.98. The van der Waals surface area contributed by atoms with Crippen LogP contribution in [0.4, 0.5) is 4.79 Å². The van der Waals surface area contributed by atoms with Crippen LogP contribution in [0.25, 0.3) is 10.9 Å². The van der Waals surface area contributed by atoms with E-state index in [1.165, 1.54) is 10.9 Å². The molecule has 2 N–H and O–H groups in total. The standard InChI is InChI=1S/C18H25N3O4S2/c1-19-20-18(23)25-10-12-27-26-11-9-24-17(22)8-7-14-13-21(2)16-6-4-3-5-15(14)16/h3-6,13,19H,7-12H2,1-2H3,(H,20,23). The third-order valence-electron chi connectivity index (χ3n) is 3.72. The number of para-hydroxylation sites is 1. The first-order valence-corrected chi connectivity index (χ1v) is 11.1. The van der Waals surface area contributed by atoms with Crippen molar-refractivity contribution < 1.29 is 19.1 Å². The van der Waals surface area contributed by atoms with Crippen molar-refractivity contribution in [3.05, 3.63) is 36.0 Å². The number of nitrogens with zero attached hydrogens (tertiary/aromatic N) is 1. The molecule has 9 heteroatoms. The molecule has 0 unspecified atom stereocenters. The van der Waals surface area contributed by atoms with Gasteiger partial charge in [-0.1, -0.05) is 39.8 Å². The molecule has 1 aromatic heterocycles. The van der Waals surface area contributed by atoms with Crippen LogP contribution in [0, 0.1) is 0 Å². The molecule has 0 saturated carbocycles. The van der Waals surface area contributed by atoms with E-state index in [1.54, 1.807) is 28.6 Å². The lowest BCUT2D eigenvalue weighted by Gasteiger charge is -2.06. The Morgan fingerprint density at radius 2 is 1.81 bits per heavy atom. The maximum atomic E-state index is 11.9. The third-order valence-corrected chi connectivity index (χ3v) is 6.05. The highest BCUT2D eigenvalue weighted by atomic mass is 33.1. The number of hydrogen-bond donors (Lipinski definition) is 2. The highest BCUT2D eigenvalue weighted by Crippen LogP contribution is 2.22. The molecule has 1 heterocycles. The monoisotopic (exact) mass is 411 g/mol. The fraction of sp³-hybridized carbons (Fsp3) is 0.444. The summed E-state index contributed by atoms with van der Waals surface area (Å²) < 4.78 is 12.3. The molecule has 0 fully saturated rings. The molecule has 148 valence electrons. The van der Waals surface area contributed by atoms with Crippen LogP contribution >= 0.6 is 21.6 Å². The predicted molar refractivity (Wildman–Crippen MR) is 111 cm³/mol. The lowest BCUT2D eigenvalue weighted by atomic mass is 10.1. The van der Waals surface area contributed by atoms with Crippen molar-refractivity contribution in [1.82, 2.24) is 15.4 Å². The van der Waals surface area contributed by atoms with Crippen LogP contribution in [0.2, 0.25) is 0 Å². The van der Waals surface area contributed by atoms with Crippen LogP contribution in [0.3, 0.4) is 0 Å². The molecule has 0 bridgehead atoms. The van der Waals surface area contributed by atoms with Gasteiger partial charge in [-0.15, -0.1) is 0 Å². The molecule has 0 radical (unpaired) electrons. The Labute approximate surface area is 166 Å². The van der Waals surface area contributed by atoms with Gasteiger partial charge in [0.25, 0.3) is 0 Å². The molecule has 27 heavy (non-hydrogen) atoms. The Bertz CT molecular complexity index is 751. The van der Waals surface area contributed by atoms with Crippen molar-refractivity contribution >= 4 is 44.6 Å². The molecule has 1 aromatic carbocycles. The first-order valence-electron chi connectivity index (χ1n) is 8.64. The highest BCUT2D eigenvalue weighted by Gasteiger charge is 2.09. The molecule has 0 aliphatic rings. The zero-order valence-corrected chi connectivity index (χ0v) is 17.2. The van der Waals surface area contributed by atoms with E-state index >= 15 is 0 Å². The zero-order chi connectivity index (χ0) is 19.5. The molecule has 0 aliphatic carbocycles. The molecule has 0 aliphatic heterocycles. The zero-order valence-electron chi connectivity index (χ0n) is 15.5. The van der Waals surface area contributed by atoms with Crippen molar-refractivity contribution in [2.75, 3.05) is 31.8 Å². The summed E-state index contributed by atoms with van der Waals surface area (Å²) in [5.41, 5.74) is 7.14. The molecule has 1 amide bonds. The molecule has 2 rings (SSSR count). The summed E-state index contributed by atoms with van der Waals surface area (Å²) in [4.78, 5) is 22.9. The SMILES string of the molecule is CNNC(=O)OCCSSCCOC(=O)CCc1cn(C)c2ccccc12. The van der Waals surface area contributed by atoms with Crippen LogP contribution in [-0.4, -0.2) is 48.4 Å². The van der Waals surface area contributed by atoms with Gasteiger partial charge in [0.2, 0.25) is 0 Å². The van der Waals surface area contributed by atoms with Crippen LogP contribution in [-0.2, 0) is 27.7 Å². The van der Waals surface area contributed by atoms with Crippen molar-refractivity contribution in [1.29, 1.82) is 0 Å². The Kier molecular flexibility index (Phi) is 9.37. The van der Waals surface area contributed by atoms with Crippen LogP contribution < -0.4 is 10.9 Å². The van der Waals surface area contributed by atoms with Crippen LogP contribution in [0.15, 0.2) is 30.5 Å². The van der Waals surface area contributed by atoms with Crippen molar-refractivity contribution in [2.45, 2.75) is 12.8 Å². The summed E-state index contributed by atoms with van der Waals surface area (Å²) in [7, 11) is 6.77. The smallest absolute Gasteiger partial charge is 0.421 e. The van der Waals surface area contributed by atoms with Gasteiger partial charge in [-0.3, -0.25) is 10.2 Å². The summed E-state index contributed by atoms with van der Waals surface area (Å²) in [5.74, 6) is 1.20. The predicted octanol–water partition coefficient (Wildman–Crippen LogP) is 2.90. The average molecular weight is 412 g/mol. The largest absolute Gasteiger partial charge is 0.465 e. The number of carbonyl (C=O) groups excluding carboxylic acids is 2. The van der Waals surface area contributed by atoms with Gasteiger partial charge < -0.3 is 14.0 Å². The Hall–Kier alpha value is -1.84. The van der Waals surface area contributed by atoms with Gasteiger partial charge in [-0.2, -0.15) is 0 Å². The first kappa shape index (κ1) is 21.5. The first-order chi connectivity index (χ1) is 13.1. The van der Waals surface area contributed by atoms with Crippen molar-refractivity contribution in [2.24, 2.45) is 7.05 Å². The molecule has 2 aromatic rings. The van der Waals surface area contributed by atoms with Gasteiger partial charge >= 0.3 is 12.1 Å². The maximum Gasteiger partial charge on any atom is 0.421 e. The maximum absolute atomic E-state index is 11.9. The summed E-state index contributed by atoms with van der Waals surface area (Å²) in [6, 6.07) is 8.18. The Morgan fingerprint density at radius 3 is 2.56 bits per heavy atom. The topological polar surface area (TPSA) is 81.6 Å². The summed E-state index contributed by atoms with van der Waals surface area (Å²) >= 11 is 0. The fourth-order valence-corrected chi connectivity index (χ4v) is 4.20. The summed E-state index contributed by atoms with van der Waals surface area (Å²) in [5, 5.41) is 1.19. The molecule has 0 saturated heterocycles. The number of hydrazine groups is 1. The van der Waals surface area contributed by atoms with E-state index in [2.05, 4.69) is 33.7 Å². The molecule has 0 spiro atoms. The van der Waals surface area contributed by atoms with Crippen molar-refractivity contribution in [3.63, 3.8) is 0 Å². The van der Waals surface area contributed by atoms with Gasteiger partial charge in [0.05, 0.1) is 0 Å². The number of fused-ring (bicyclic) bond motifs is 1. The second-order valence-corrected chi connectivity index (χ2v) is 8.36. The minimum atomic E-state index is -0.497. The number of amides is 1. The number of esters is 1. The van der Waals surface area contributed by atoms with Gasteiger partial charge in [-0.25, -0.2) is 10.2 Å². The normalized spacial score (nSPS) is 10.7. The fourth-order valence-electron chi connectivity index (χ4n) is 2.55. The molecular formula is C18H25N3O4S2. The van der Waals surface area contributed by atoms with Crippen LogP contribution in [0.1, 0.15) is 12.0 Å². The van der Waals surface area contributed by atoms with Gasteiger partial charge in [-0.05, 0) is 18.1 Å². The van der Waals surface area contributed by atoms with E-state index < -0.39 is 6.09 Å². The van der Waals surface area contributed by atoms with E-state index in [4.69, 9.17) is 9.47 Å². The number of carbonyl (C=O) groups is 2. The van der Waals surface area contributed by atoms with Crippen LogP contribution in [0.5, 0.6) is 0 Å². The quantitative estimate of drug-likeness (QED) is 0.255. The van der Waals surface area contributed by atoms with E-state index in [-0.39, 0.29) is 5.97 Å². The Balaban J connectivity index is 1.54. The second-order valence-electron chi connectivity index (χ2n) is 5.66.